The Morgan fingerprint density at radius 1 is 1.33 bits per heavy atom. The maximum absolute atomic E-state index is 7.55. The molecule has 0 spiro atoms. The van der Waals surface area contributed by atoms with Crippen molar-refractivity contribution in [1.82, 2.24) is 15.3 Å². The van der Waals surface area contributed by atoms with Crippen LogP contribution < -0.4 is 5.32 Å². The van der Waals surface area contributed by atoms with Gasteiger partial charge in [0, 0.05) is 33.7 Å². The largest absolute Gasteiger partial charge is 0.381 e. The highest BCUT2D eigenvalue weighted by Crippen LogP contribution is 2.15. The van der Waals surface area contributed by atoms with Crippen molar-refractivity contribution in [3.05, 3.63) is 0 Å². The molecule has 0 aromatic carbocycles. The third-order valence-electron chi connectivity index (χ3n) is 3.09. The zero-order chi connectivity index (χ0) is 14.1. The fourth-order valence-corrected chi connectivity index (χ4v) is 2.22. The van der Waals surface area contributed by atoms with Crippen LogP contribution in [-0.4, -0.2) is 54.6 Å². The lowest BCUT2D eigenvalue weighted by Crippen LogP contribution is -2.42. The van der Waals surface area contributed by atoms with Gasteiger partial charge in [-0.25, -0.2) is 10.0 Å². The van der Waals surface area contributed by atoms with Crippen molar-refractivity contribution < 1.29 is 0 Å². The van der Waals surface area contributed by atoms with Crippen molar-refractivity contribution in [3.8, 4) is 0 Å². The van der Waals surface area contributed by atoms with Crippen molar-refractivity contribution in [3.63, 3.8) is 0 Å². The molecule has 0 unspecified atom stereocenters. The minimum atomic E-state index is 0.593. The summed E-state index contributed by atoms with van der Waals surface area (Å²) in [6, 6.07) is 0.593. The maximum atomic E-state index is 7.55. The van der Waals surface area contributed by atoms with Crippen molar-refractivity contribution in [2.45, 2.75) is 39.2 Å². The summed E-state index contributed by atoms with van der Waals surface area (Å²) in [5.74, 6) is 0.720. The average molecular weight is 366 g/mol. The minimum absolute atomic E-state index is 0.593. The van der Waals surface area contributed by atoms with E-state index in [-0.39, 0.29) is 0 Å². The van der Waals surface area contributed by atoms with Gasteiger partial charge in [0.15, 0.2) is 0 Å². The molecule has 0 fully saturated rings. The van der Waals surface area contributed by atoms with Gasteiger partial charge in [-0.2, -0.15) is 0 Å². The van der Waals surface area contributed by atoms with Gasteiger partial charge in [0.05, 0.1) is 5.73 Å². The molecule has 0 aromatic rings. The molecule has 0 aliphatic carbocycles. The van der Waals surface area contributed by atoms with Gasteiger partial charge in [-0.15, -0.1) is 22.4 Å². The van der Waals surface area contributed by atoms with Crippen LogP contribution in [0, 0.1) is 11.3 Å². The Hall–Kier alpha value is 0.185. The zero-order valence-corrected chi connectivity index (χ0v) is 14.6. The summed E-state index contributed by atoms with van der Waals surface area (Å²) in [6.45, 7) is 5.47. The van der Waals surface area contributed by atoms with E-state index in [1.165, 1.54) is 12.8 Å². The molecule has 0 amide bonds. The van der Waals surface area contributed by atoms with Crippen molar-refractivity contribution >= 4 is 33.2 Å². The van der Waals surface area contributed by atoms with Crippen LogP contribution in [0.3, 0.4) is 0 Å². The minimum Gasteiger partial charge on any atom is -0.381 e. The number of hydrazine groups is 1. The van der Waals surface area contributed by atoms with Crippen LogP contribution in [0.25, 0.3) is 0 Å². The molecule has 0 bridgehead atoms. The topological polar surface area (TPSA) is 42.4 Å². The maximum Gasteiger partial charge on any atom is 0.276 e. The lowest BCUT2D eigenvalue weighted by molar-refractivity contribution is -0.00218. The number of nitrogens with one attached hydrogen (secondary N) is 2. The highest BCUT2D eigenvalue weighted by molar-refractivity contribution is 14.1. The fraction of sp³-hybridized carbons (Fsp3) is 0.917. The van der Waals surface area contributed by atoms with Crippen LogP contribution in [0.4, 0.5) is 0 Å². The number of halogens is 1. The van der Waals surface area contributed by atoms with Gasteiger partial charge >= 0.3 is 0 Å². The SMILES string of the molecule is CC(C)C[C@H](CCCNC(=N)BI)N(C)N(C)C. The van der Waals surface area contributed by atoms with E-state index in [1.807, 2.05) is 0 Å². The third kappa shape index (κ3) is 8.32. The van der Waals surface area contributed by atoms with Crippen LogP contribution in [0.1, 0.15) is 33.1 Å². The molecule has 0 radical (unpaired) electrons. The lowest BCUT2D eigenvalue weighted by Gasteiger charge is -2.34. The quantitative estimate of drug-likeness (QED) is 0.164. The van der Waals surface area contributed by atoms with E-state index in [1.54, 1.807) is 0 Å². The van der Waals surface area contributed by atoms with Crippen LogP contribution in [-0.2, 0) is 0 Å². The molecule has 0 aliphatic rings. The van der Waals surface area contributed by atoms with Gasteiger partial charge in [-0.1, -0.05) is 13.8 Å². The smallest absolute Gasteiger partial charge is 0.276 e. The Morgan fingerprint density at radius 3 is 2.39 bits per heavy atom. The third-order valence-corrected chi connectivity index (χ3v) is 3.85. The molecule has 1 atom stereocenters. The predicted molar refractivity (Wildman–Crippen MR) is 90.8 cm³/mol. The Labute approximate surface area is 126 Å². The Bertz CT molecular complexity index is 236. The first-order chi connectivity index (χ1) is 8.38. The van der Waals surface area contributed by atoms with E-state index in [0.29, 0.717) is 11.8 Å². The molecule has 0 aromatic heterocycles. The van der Waals surface area contributed by atoms with E-state index in [2.05, 4.69) is 72.7 Å². The van der Waals surface area contributed by atoms with Gasteiger partial charge in [0.2, 0.25) is 0 Å². The van der Waals surface area contributed by atoms with Gasteiger partial charge in [-0.05, 0) is 25.2 Å². The van der Waals surface area contributed by atoms with Crippen LogP contribution in [0.15, 0.2) is 0 Å². The number of nitrogens with zero attached hydrogens (tertiary/aromatic N) is 2. The molecule has 18 heavy (non-hydrogen) atoms. The number of hydrogen-bond donors (Lipinski definition) is 2. The molecule has 0 heterocycles. The second kappa shape index (κ2) is 10.0. The second-order valence-electron chi connectivity index (χ2n) is 5.39. The molecule has 0 rings (SSSR count). The number of hydrogen-bond acceptors (Lipinski definition) is 3. The van der Waals surface area contributed by atoms with E-state index >= 15 is 0 Å². The summed E-state index contributed by atoms with van der Waals surface area (Å²) < 4.78 is 0. The summed E-state index contributed by atoms with van der Waals surface area (Å²) in [6.07, 6.45) is 3.52. The molecule has 2 N–H and O–H groups in total. The second-order valence-corrected chi connectivity index (χ2v) is 6.15. The Morgan fingerprint density at radius 2 is 1.94 bits per heavy atom. The molecule has 0 saturated heterocycles. The molecule has 106 valence electrons. The normalized spacial score (nSPS) is 13.2. The molecular formula is C12H28BIN4. The van der Waals surface area contributed by atoms with Gasteiger partial charge in [0.25, 0.3) is 5.14 Å². The highest BCUT2D eigenvalue weighted by Gasteiger charge is 2.17. The van der Waals surface area contributed by atoms with Crippen LogP contribution in [0.5, 0.6) is 0 Å². The van der Waals surface area contributed by atoms with Gasteiger partial charge in [-0.3, -0.25) is 5.41 Å². The fourth-order valence-electron chi connectivity index (χ4n) is 1.95. The summed E-state index contributed by atoms with van der Waals surface area (Å²) in [7, 11) is 6.35. The summed E-state index contributed by atoms with van der Waals surface area (Å²) in [5, 5.41) is 16.0. The summed E-state index contributed by atoms with van der Waals surface area (Å²) >= 11 is 2.21. The van der Waals surface area contributed by atoms with E-state index in [4.69, 9.17) is 5.41 Å². The highest BCUT2D eigenvalue weighted by atomic mass is 127. The van der Waals surface area contributed by atoms with Gasteiger partial charge in [0.1, 0.15) is 0 Å². The van der Waals surface area contributed by atoms with E-state index in [9.17, 15) is 0 Å². The number of rotatable bonds is 9. The van der Waals surface area contributed by atoms with Crippen LogP contribution >= 0.6 is 22.4 Å². The van der Waals surface area contributed by atoms with Crippen molar-refractivity contribution in [2.75, 3.05) is 27.7 Å². The monoisotopic (exact) mass is 366 g/mol. The molecule has 0 aliphatic heterocycles. The first-order valence-corrected chi connectivity index (χ1v) is 8.18. The zero-order valence-electron chi connectivity index (χ0n) is 12.5. The Kier molecular flexibility index (Phi) is 10.1. The Balaban J connectivity index is 4.05. The van der Waals surface area contributed by atoms with Crippen molar-refractivity contribution in [1.29, 1.82) is 5.41 Å². The molecule has 6 heteroatoms. The lowest BCUT2D eigenvalue weighted by atomic mass is 9.99. The van der Waals surface area contributed by atoms with E-state index < -0.39 is 0 Å². The number of amidine groups is 1. The molecular weight excluding hydrogens is 338 g/mol. The van der Waals surface area contributed by atoms with Gasteiger partial charge < -0.3 is 5.32 Å². The van der Waals surface area contributed by atoms with Crippen molar-refractivity contribution in [2.24, 2.45) is 5.92 Å². The first kappa shape index (κ1) is 18.2. The first-order valence-electron chi connectivity index (χ1n) is 6.65. The molecule has 0 saturated carbocycles. The molecule has 4 nitrogen and oxygen atoms in total. The summed E-state index contributed by atoms with van der Waals surface area (Å²) in [4.78, 5) is 0. The average Bonchev–Trinajstić information content (AvgIpc) is 2.30. The summed E-state index contributed by atoms with van der Waals surface area (Å²) in [5.41, 5.74) is 0.636. The predicted octanol–water partition coefficient (Wildman–Crippen LogP) is 1.90. The standard InChI is InChI=1S/C12H28BIN4/c1-10(2)9-11(18(5)17(3)4)7-6-8-16-12(15)13-14/h10-11,13H,6-9H2,1-5H3,(H2,15,16)/t11-/m0/s1. The van der Waals surface area contributed by atoms with Crippen LogP contribution in [0.2, 0.25) is 0 Å². The van der Waals surface area contributed by atoms with E-state index in [0.717, 1.165) is 24.0 Å².